The second kappa shape index (κ2) is 11.5. The number of thioether (sulfide) groups is 1. The Morgan fingerprint density at radius 3 is 2.71 bits per heavy atom. The summed E-state index contributed by atoms with van der Waals surface area (Å²) in [7, 11) is 1.70. The van der Waals surface area contributed by atoms with Gasteiger partial charge in [-0.3, -0.25) is 4.98 Å². The minimum absolute atomic E-state index is 0.0484. The Morgan fingerprint density at radius 1 is 1.16 bits per heavy atom. The summed E-state index contributed by atoms with van der Waals surface area (Å²) >= 11 is 2.22. The fraction of sp³-hybridized carbons (Fsp3) is 0.654. The fourth-order valence-electron chi connectivity index (χ4n) is 5.30. The van der Waals surface area contributed by atoms with E-state index in [9.17, 15) is 5.11 Å². The number of hydrogen-bond acceptors (Lipinski definition) is 5. The molecule has 0 atom stereocenters. The van der Waals surface area contributed by atoms with Gasteiger partial charge in [-0.05, 0) is 86.9 Å². The summed E-state index contributed by atoms with van der Waals surface area (Å²) in [5.41, 5.74) is 3.18. The van der Waals surface area contributed by atoms with E-state index in [1.165, 1.54) is 82.3 Å². The molecule has 0 bridgehead atoms. The number of hydrogen-bond donors (Lipinski definition) is 1. The molecule has 2 aliphatic rings. The second-order valence-corrected chi connectivity index (χ2v) is 10.7. The van der Waals surface area contributed by atoms with Crippen molar-refractivity contribution in [1.29, 1.82) is 0 Å². The van der Waals surface area contributed by atoms with Crippen LogP contribution in [0.3, 0.4) is 0 Å². The zero-order valence-electron chi connectivity index (χ0n) is 19.0. The highest BCUT2D eigenvalue weighted by atomic mass is 32.2. The van der Waals surface area contributed by atoms with Gasteiger partial charge >= 0.3 is 0 Å². The van der Waals surface area contributed by atoms with E-state index >= 15 is 0 Å². The van der Waals surface area contributed by atoms with Crippen molar-refractivity contribution in [2.45, 2.75) is 69.6 Å². The molecule has 0 spiro atoms. The first-order valence-electron chi connectivity index (χ1n) is 12.2. The van der Waals surface area contributed by atoms with Gasteiger partial charge in [-0.2, -0.15) is 11.8 Å². The Hall–Kier alpha value is -1.30. The molecule has 31 heavy (non-hydrogen) atoms. The summed E-state index contributed by atoms with van der Waals surface area (Å²) in [6.45, 7) is 3.87. The first kappa shape index (κ1) is 22.9. The molecule has 0 radical (unpaired) electrons. The number of nitrogens with zero attached hydrogens (tertiary/aromatic N) is 2. The number of likely N-dealkylation sites (tertiary alicyclic amines) is 1. The SMILES string of the molecule is COc1ccc2ncc(CO)c(CCCC3CCN(CCSC4CCCC4)CC3)c2c1. The van der Waals surface area contributed by atoms with E-state index in [-0.39, 0.29) is 6.61 Å². The summed E-state index contributed by atoms with van der Waals surface area (Å²) in [5, 5.41) is 11.9. The summed E-state index contributed by atoms with van der Waals surface area (Å²) in [6, 6.07) is 6.04. The molecule has 4 rings (SSSR count). The molecule has 1 aliphatic carbocycles. The van der Waals surface area contributed by atoms with E-state index in [0.717, 1.165) is 39.8 Å². The Kier molecular flexibility index (Phi) is 8.51. The molecule has 4 nitrogen and oxygen atoms in total. The maximum Gasteiger partial charge on any atom is 0.119 e. The first-order valence-corrected chi connectivity index (χ1v) is 13.2. The number of rotatable bonds is 10. The average Bonchev–Trinajstić information content (AvgIpc) is 3.33. The highest BCUT2D eigenvalue weighted by Gasteiger charge is 2.20. The number of pyridine rings is 1. The van der Waals surface area contributed by atoms with Crippen molar-refractivity contribution in [3.63, 3.8) is 0 Å². The molecule has 2 heterocycles. The van der Waals surface area contributed by atoms with E-state index in [1.807, 2.05) is 18.3 Å². The van der Waals surface area contributed by atoms with E-state index in [2.05, 4.69) is 27.7 Å². The lowest BCUT2D eigenvalue weighted by atomic mass is 9.89. The van der Waals surface area contributed by atoms with Crippen molar-refractivity contribution in [2.24, 2.45) is 5.92 Å². The van der Waals surface area contributed by atoms with Crippen LogP contribution in [-0.2, 0) is 13.0 Å². The Morgan fingerprint density at radius 2 is 1.97 bits per heavy atom. The second-order valence-electron chi connectivity index (χ2n) is 9.26. The molecule has 1 saturated carbocycles. The molecule has 1 saturated heterocycles. The summed E-state index contributed by atoms with van der Waals surface area (Å²) < 4.78 is 5.42. The van der Waals surface area contributed by atoms with Gasteiger partial charge in [0.15, 0.2) is 0 Å². The van der Waals surface area contributed by atoms with Crippen molar-refractivity contribution >= 4 is 22.7 Å². The van der Waals surface area contributed by atoms with Crippen molar-refractivity contribution in [1.82, 2.24) is 9.88 Å². The minimum Gasteiger partial charge on any atom is -0.497 e. The summed E-state index contributed by atoms with van der Waals surface area (Å²) in [4.78, 5) is 7.21. The van der Waals surface area contributed by atoms with Gasteiger partial charge in [-0.25, -0.2) is 0 Å². The van der Waals surface area contributed by atoms with Crippen LogP contribution in [0.2, 0.25) is 0 Å². The van der Waals surface area contributed by atoms with Gasteiger partial charge in [0.05, 0.1) is 19.2 Å². The third-order valence-corrected chi connectivity index (χ3v) is 8.62. The van der Waals surface area contributed by atoms with Crippen LogP contribution in [0.5, 0.6) is 5.75 Å². The minimum atomic E-state index is 0.0484. The van der Waals surface area contributed by atoms with Crippen molar-refractivity contribution in [3.05, 3.63) is 35.5 Å². The standard InChI is InChI=1S/C26H38N2O2S/c1-30-22-9-10-26-25(17-22)24(21(19-29)18-27-26)8-4-5-20-11-13-28(14-12-20)15-16-31-23-6-2-3-7-23/h9-10,17-18,20,23,29H,2-8,11-16,19H2,1H3. The van der Waals surface area contributed by atoms with Crippen LogP contribution in [0, 0.1) is 5.92 Å². The van der Waals surface area contributed by atoms with Gasteiger partial charge in [0.1, 0.15) is 5.75 Å². The summed E-state index contributed by atoms with van der Waals surface area (Å²) in [6.07, 6.45) is 13.8. The Balaban J connectivity index is 1.24. The summed E-state index contributed by atoms with van der Waals surface area (Å²) in [5.74, 6) is 3.01. The molecule has 2 aromatic rings. The number of benzene rings is 1. The lowest BCUT2D eigenvalue weighted by molar-refractivity contribution is 0.186. The van der Waals surface area contributed by atoms with Gasteiger partial charge < -0.3 is 14.7 Å². The number of aliphatic hydroxyl groups is 1. The van der Waals surface area contributed by atoms with Gasteiger partial charge in [0, 0.05) is 29.1 Å². The third kappa shape index (κ3) is 6.15. The van der Waals surface area contributed by atoms with Crippen molar-refractivity contribution in [3.8, 4) is 5.75 Å². The number of aromatic nitrogens is 1. The Bertz CT molecular complexity index is 824. The normalized spacial score (nSPS) is 18.8. The molecule has 2 fully saturated rings. The quantitative estimate of drug-likeness (QED) is 0.530. The highest BCUT2D eigenvalue weighted by Crippen LogP contribution is 2.31. The predicted octanol–water partition coefficient (Wildman–Crippen LogP) is 5.45. The number of aliphatic hydroxyl groups excluding tert-OH is 1. The number of ether oxygens (including phenoxy) is 1. The first-order chi connectivity index (χ1) is 15.3. The molecule has 0 unspecified atom stereocenters. The van der Waals surface area contributed by atoms with Crippen molar-refractivity contribution in [2.75, 3.05) is 32.5 Å². The molecule has 1 N–H and O–H groups in total. The van der Waals surface area contributed by atoms with Crippen molar-refractivity contribution < 1.29 is 9.84 Å². The van der Waals surface area contributed by atoms with Crippen LogP contribution >= 0.6 is 11.8 Å². The maximum absolute atomic E-state index is 9.84. The number of piperidine rings is 1. The number of aryl methyl sites for hydroxylation is 1. The monoisotopic (exact) mass is 442 g/mol. The molecule has 5 heteroatoms. The smallest absolute Gasteiger partial charge is 0.119 e. The molecular formula is C26H38N2O2S. The lowest BCUT2D eigenvalue weighted by Crippen LogP contribution is -2.35. The van der Waals surface area contributed by atoms with Gasteiger partial charge in [-0.15, -0.1) is 0 Å². The largest absolute Gasteiger partial charge is 0.497 e. The third-order valence-electron chi connectivity index (χ3n) is 7.26. The lowest BCUT2D eigenvalue weighted by Gasteiger charge is -2.32. The van der Waals surface area contributed by atoms with Crippen LogP contribution in [0.15, 0.2) is 24.4 Å². The predicted molar refractivity (Wildman–Crippen MR) is 131 cm³/mol. The molecule has 1 aromatic heterocycles. The zero-order valence-corrected chi connectivity index (χ0v) is 19.8. The molecule has 170 valence electrons. The van der Waals surface area contributed by atoms with E-state index < -0.39 is 0 Å². The van der Waals surface area contributed by atoms with Crippen LogP contribution in [0.25, 0.3) is 10.9 Å². The maximum atomic E-state index is 9.84. The fourth-order valence-corrected chi connectivity index (χ4v) is 6.66. The van der Waals surface area contributed by atoms with Crippen LogP contribution < -0.4 is 4.74 Å². The molecule has 1 aromatic carbocycles. The number of fused-ring (bicyclic) bond motifs is 1. The topological polar surface area (TPSA) is 45.6 Å². The van der Waals surface area contributed by atoms with Crippen LogP contribution in [0.4, 0.5) is 0 Å². The highest BCUT2D eigenvalue weighted by molar-refractivity contribution is 7.99. The molecule has 1 aliphatic heterocycles. The Labute approximate surface area is 191 Å². The van der Waals surface area contributed by atoms with Gasteiger partial charge in [-0.1, -0.05) is 19.3 Å². The van der Waals surface area contributed by atoms with E-state index in [4.69, 9.17) is 4.74 Å². The number of methoxy groups -OCH3 is 1. The van der Waals surface area contributed by atoms with Crippen LogP contribution in [-0.4, -0.2) is 52.7 Å². The zero-order chi connectivity index (χ0) is 21.5. The van der Waals surface area contributed by atoms with Gasteiger partial charge in [0.2, 0.25) is 0 Å². The molecule has 0 amide bonds. The van der Waals surface area contributed by atoms with E-state index in [1.54, 1.807) is 7.11 Å². The molecular weight excluding hydrogens is 404 g/mol. The average molecular weight is 443 g/mol. The van der Waals surface area contributed by atoms with Crippen LogP contribution in [0.1, 0.15) is 62.5 Å². The van der Waals surface area contributed by atoms with Gasteiger partial charge in [0.25, 0.3) is 0 Å². The van der Waals surface area contributed by atoms with E-state index in [0.29, 0.717) is 0 Å².